The Hall–Kier alpha value is -2.74. The smallest absolute Gasteiger partial charge is 0.252 e. The Morgan fingerprint density at radius 2 is 2.06 bits per heavy atom. The molecule has 2 aromatic heterocycles. The maximum atomic E-state index is 14.1. The van der Waals surface area contributed by atoms with Gasteiger partial charge in [-0.2, -0.15) is 0 Å². The van der Waals surface area contributed by atoms with Crippen LogP contribution in [0.25, 0.3) is 16.3 Å². The number of hydrogen-bond acceptors (Lipinski definition) is 4. The molecule has 0 saturated heterocycles. The number of imidazole rings is 1. The van der Waals surface area contributed by atoms with E-state index < -0.39 is 5.82 Å². The molecule has 4 aromatic rings. The van der Waals surface area contributed by atoms with Crippen LogP contribution in [0.4, 0.5) is 9.52 Å². The van der Waals surface area contributed by atoms with Crippen LogP contribution in [0, 0.1) is 5.82 Å². The van der Waals surface area contributed by atoms with Gasteiger partial charge < -0.3 is 4.57 Å². The fourth-order valence-corrected chi connectivity index (χ4v) is 4.22. The number of fused-ring (bicyclic) bond motifs is 1. The quantitative estimate of drug-likeness (QED) is 0.314. The first-order valence-electron chi connectivity index (χ1n) is 9.37. The lowest BCUT2D eigenvalue weighted by Gasteiger charge is -2.18. The van der Waals surface area contributed by atoms with Gasteiger partial charge >= 0.3 is 0 Å². The summed E-state index contributed by atoms with van der Waals surface area (Å²) in [5.41, 5.74) is 1.03. The van der Waals surface area contributed by atoms with E-state index in [1.807, 2.05) is 29.0 Å². The average Bonchev–Trinajstić information content (AvgIpc) is 3.41. The van der Waals surface area contributed by atoms with Crippen molar-refractivity contribution in [1.29, 1.82) is 0 Å². The molecule has 0 saturated carbocycles. The number of thiazole rings is 1. The maximum Gasteiger partial charge on any atom is 0.252 e. The minimum Gasteiger partial charge on any atom is -0.337 e. The van der Waals surface area contributed by atoms with Crippen molar-refractivity contribution < 1.29 is 9.18 Å². The number of carbonyl (C=O) groups is 1. The molecule has 0 aliphatic rings. The molecule has 0 unspecified atom stereocenters. The van der Waals surface area contributed by atoms with Crippen LogP contribution in [0.2, 0.25) is 5.02 Å². The lowest BCUT2D eigenvalue weighted by atomic mass is 10.2. The first-order valence-corrected chi connectivity index (χ1v) is 10.6. The molecule has 0 aliphatic carbocycles. The summed E-state index contributed by atoms with van der Waals surface area (Å²) >= 11 is 7.47. The van der Waals surface area contributed by atoms with E-state index in [2.05, 4.69) is 9.97 Å². The third-order valence-electron chi connectivity index (χ3n) is 4.52. The van der Waals surface area contributed by atoms with Crippen LogP contribution >= 0.6 is 35.3 Å². The summed E-state index contributed by atoms with van der Waals surface area (Å²) in [6.45, 7) is 1.14. The molecule has 0 bridgehead atoms. The van der Waals surface area contributed by atoms with Gasteiger partial charge in [-0.05, 0) is 36.3 Å². The number of halogens is 3. The molecule has 2 aromatic carbocycles. The van der Waals surface area contributed by atoms with Crippen molar-refractivity contribution in [2.45, 2.75) is 13.0 Å². The number of para-hydroxylation sites is 1. The van der Waals surface area contributed by atoms with Crippen LogP contribution in [0.15, 0.2) is 67.3 Å². The lowest BCUT2D eigenvalue weighted by molar-refractivity contribution is -0.114. The molecule has 0 spiro atoms. The van der Waals surface area contributed by atoms with E-state index in [0.29, 0.717) is 34.4 Å². The highest BCUT2D eigenvalue weighted by molar-refractivity contribution is 7.22. The molecule has 0 aliphatic heterocycles. The molecule has 2 heterocycles. The summed E-state index contributed by atoms with van der Waals surface area (Å²) in [4.78, 5) is 23.0. The van der Waals surface area contributed by atoms with Crippen LogP contribution in [0.5, 0.6) is 0 Å². The Bertz CT molecular complexity index is 1190. The normalized spacial score (nSPS) is 11.0. The van der Waals surface area contributed by atoms with E-state index in [4.69, 9.17) is 11.6 Å². The van der Waals surface area contributed by atoms with Crippen molar-refractivity contribution in [1.82, 2.24) is 14.5 Å². The van der Waals surface area contributed by atoms with Gasteiger partial charge in [0.15, 0.2) is 5.13 Å². The molecule has 31 heavy (non-hydrogen) atoms. The van der Waals surface area contributed by atoms with Gasteiger partial charge in [0, 0.05) is 36.6 Å². The Morgan fingerprint density at radius 3 is 2.81 bits per heavy atom. The summed E-state index contributed by atoms with van der Waals surface area (Å²) in [5.74, 6) is -0.632. The lowest BCUT2D eigenvalue weighted by Crippen LogP contribution is -2.30. The van der Waals surface area contributed by atoms with Gasteiger partial charge in [-0.1, -0.05) is 47.2 Å². The summed E-state index contributed by atoms with van der Waals surface area (Å²) < 4.78 is 16.8. The molecular weight excluding hydrogens is 458 g/mol. The van der Waals surface area contributed by atoms with Crippen molar-refractivity contribution in [3.05, 3.63) is 83.7 Å². The van der Waals surface area contributed by atoms with Crippen molar-refractivity contribution in [3.63, 3.8) is 0 Å². The second kappa shape index (κ2) is 10.5. The third-order valence-corrected chi connectivity index (χ3v) is 5.91. The van der Waals surface area contributed by atoms with E-state index >= 15 is 0 Å². The number of aryl methyl sites for hydroxylation is 1. The molecule has 4 rings (SSSR count). The van der Waals surface area contributed by atoms with Crippen molar-refractivity contribution >= 4 is 62.7 Å². The van der Waals surface area contributed by atoms with Crippen molar-refractivity contribution in [3.8, 4) is 0 Å². The third kappa shape index (κ3) is 5.50. The van der Waals surface area contributed by atoms with Crippen LogP contribution in [-0.2, 0) is 11.3 Å². The van der Waals surface area contributed by atoms with Crippen LogP contribution in [0.1, 0.15) is 12.0 Å². The number of rotatable bonds is 7. The molecule has 0 radical (unpaired) electrons. The zero-order valence-corrected chi connectivity index (χ0v) is 18.7. The minimum absolute atomic E-state index is 0. The summed E-state index contributed by atoms with van der Waals surface area (Å²) in [5, 5.41) is 1.03. The molecule has 9 heteroatoms. The van der Waals surface area contributed by atoms with Crippen LogP contribution in [0.3, 0.4) is 0 Å². The maximum absolute atomic E-state index is 14.1. The molecule has 0 atom stereocenters. The van der Waals surface area contributed by atoms with E-state index in [-0.39, 0.29) is 23.8 Å². The first-order chi connectivity index (χ1) is 14.6. The zero-order valence-electron chi connectivity index (χ0n) is 16.3. The number of nitrogens with zero attached hydrogens (tertiary/aromatic N) is 4. The van der Waals surface area contributed by atoms with E-state index in [9.17, 15) is 9.18 Å². The fraction of sp³-hybridized carbons (Fsp3) is 0.136. The summed E-state index contributed by atoms with van der Waals surface area (Å²) in [6.07, 6.45) is 9.17. The second-order valence-corrected chi connectivity index (χ2v) is 8.00. The van der Waals surface area contributed by atoms with Gasteiger partial charge in [-0.25, -0.2) is 14.4 Å². The molecule has 1 amide bonds. The molecular formula is C22H19Cl2FN4OS. The predicted molar refractivity (Wildman–Crippen MR) is 127 cm³/mol. The summed E-state index contributed by atoms with van der Waals surface area (Å²) in [6, 6.07) is 12.1. The monoisotopic (exact) mass is 476 g/mol. The van der Waals surface area contributed by atoms with Crippen molar-refractivity contribution in [2.75, 3.05) is 11.4 Å². The molecule has 160 valence electrons. The Labute approximate surface area is 194 Å². The molecule has 5 nitrogen and oxygen atoms in total. The van der Waals surface area contributed by atoms with Gasteiger partial charge in [-0.15, -0.1) is 12.4 Å². The number of hydrogen-bond donors (Lipinski definition) is 0. The van der Waals surface area contributed by atoms with Gasteiger partial charge in [0.25, 0.3) is 5.91 Å². The fourth-order valence-electron chi connectivity index (χ4n) is 3.01. The van der Waals surface area contributed by atoms with Crippen LogP contribution < -0.4 is 4.90 Å². The highest BCUT2D eigenvalue weighted by Gasteiger charge is 2.19. The number of aromatic nitrogens is 3. The van der Waals surface area contributed by atoms with E-state index in [1.54, 1.807) is 41.7 Å². The summed E-state index contributed by atoms with van der Waals surface area (Å²) in [7, 11) is 0. The van der Waals surface area contributed by atoms with Gasteiger partial charge in [0.2, 0.25) is 0 Å². The van der Waals surface area contributed by atoms with Gasteiger partial charge in [0.1, 0.15) is 11.3 Å². The van der Waals surface area contributed by atoms with Crippen molar-refractivity contribution in [2.24, 2.45) is 0 Å². The topological polar surface area (TPSA) is 51.0 Å². The van der Waals surface area contributed by atoms with E-state index in [1.165, 1.54) is 23.5 Å². The minimum atomic E-state index is -0.396. The van der Waals surface area contributed by atoms with Gasteiger partial charge in [0.05, 0.1) is 11.0 Å². The zero-order chi connectivity index (χ0) is 20.9. The number of carbonyl (C=O) groups excluding carboxylic acids is 1. The first kappa shape index (κ1) is 22.9. The second-order valence-electron chi connectivity index (χ2n) is 6.58. The van der Waals surface area contributed by atoms with E-state index in [0.717, 1.165) is 5.56 Å². The average molecular weight is 477 g/mol. The molecule has 0 fully saturated rings. The number of anilines is 1. The standard InChI is InChI=1S/C22H18ClFN4OS.ClH/c23-17-6-2-1-5-16(17)9-10-20(29)28(13-4-12-27-14-11-25-15-27)22-26-21-18(24)7-3-8-19(21)30-22;/h1-3,5-11,14-15H,4,12-13H2;1H/b10-9+;. The Morgan fingerprint density at radius 1 is 1.23 bits per heavy atom. The SMILES string of the molecule is Cl.O=C(/C=C/c1ccccc1Cl)N(CCCn1ccnc1)c1nc2c(F)cccc2s1. The highest BCUT2D eigenvalue weighted by Crippen LogP contribution is 2.30. The Balaban J connectivity index is 0.00000272. The highest BCUT2D eigenvalue weighted by atomic mass is 35.5. The molecule has 0 N–H and O–H groups in total. The number of amides is 1. The van der Waals surface area contributed by atoms with Crippen LogP contribution in [-0.4, -0.2) is 27.0 Å². The predicted octanol–water partition coefficient (Wildman–Crippen LogP) is 5.84. The Kier molecular flexibility index (Phi) is 7.79. The van der Waals surface area contributed by atoms with Gasteiger partial charge in [-0.3, -0.25) is 9.69 Å². The largest absolute Gasteiger partial charge is 0.337 e. The number of benzene rings is 2.